The Labute approximate surface area is 244 Å². The van der Waals surface area contributed by atoms with E-state index in [1.165, 1.54) is 10.9 Å². The predicted octanol–water partition coefficient (Wildman–Crippen LogP) is 6.21. The number of carbonyl (C=O) groups excluding carboxylic acids is 1. The number of carbonyl (C=O) groups is 1. The van der Waals surface area contributed by atoms with Crippen LogP contribution in [0.1, 0.15) is 101 Å². The van der Waals surface area contributed by atoms with E-state index in [1.54, 1.807) is 6.92 Å². The molecule has 0 aromatic carbocycles. The molecule has 7 atom stereocenters. The van der Waals surface area contributed by atoms with Gasteiger partial charge in [-0.15, -0.1) is 0 Å². The summed E-state index contributed by atoms with van der Waals surface area (Å²) in [6.07, 6.45) is 7.63. The third-order valence-electron chi connectivity index (χ3n) is 10.4. The molecule has 4 fully saturated rings. The Bertz CT molecular complexity index is 1320. The van der Waals surface area contributed by atoms with Gasteiger partial charge in [0.1, 0.15) is 6.17 Å². The van der Waals surface area contributed by atoms with Crippen LogP contribution in [0.2, 0.25) is 0 Å². The molecule has 11 heteroatoms. The van der Waals surface area contributed by atoms with Gasteiger partial charge < -0.3 is 14.5 Å². The molecule has 0 bridgehead atoms. The van der Waals surface area contributed by atoms with Gasteiger partial charge in [-0.1, -0.05) is 6.92 Å². The van der Waals surface area contributed by atoms with Gasteiger partial charge >= 0.3 is 6.18 Å². The van der Waals surface area contributed by atoms with E-state index in [0.29, 0.717) is 56.4 Å². The lowest BCUT2D eigenvalue weighted by molar-refractivity contribution is -0.142. The van der Waals surface area contributed by atoms with Gasteiger partial charge in [0, 0.05) is 55.2 Å². The van der Waals surface area contributed by atoms with Gasteiger partial charge in [0.05, 0.1) is 0 Å². The number of amides is 1. The van der Waals surface area contributed by atoms with Crippen molar-refractivity contribution in [3.8, 4) is 0 Å². The van der Waals surface area contributed by atoms with Gasteiger partial charge in [-0.2, -0.15) is 18.3 Å². The summed E-state index contributed by atoms with van der Waals surface area (Å²) in [4.78, 5) is 13.9. The summed E-state index contributed by atoms with van der Waals surface area (Å²) in [5, 5.41) is 15.9. The van der Waals surface area contributed by atoms with Crippen LogP contribution < -0.4 is 10.9 Å². The zero-order chi connectivity index (χ0) is 29.8. The van der Waals surface area contributed by atoms with Crippen molar-refractivity contribution < 1.29 is 22.4 Å². The minimum atomic E-state index is -4.58. The molecule has 4 saturated carbocycles. The summed E-state index contributed by atoms with van der Waals surface area (Å²) >= 11 is 0. The fourth-order valence-electron chi connectivity index (χ4n) is 7.77. The summed E-state index contributed by atoms with van der Waals surface area (Å²) in [6, 6.07) is 0.363. The fraction of sp³-hybridized carbons (Fsp3) is 0.774. The zero-order valence-electron chi connectivity index (χ0n) is 24.6. The van der Waals surface area contributed by atoms with E-state index in [4.69, 9.17) is 5.41 Å². The second-order valence-corrected chi connectivity index (χ2v) is 13.6. The van der Waals surface area contributed by atoms with Crippen LogP contribution in [-0.2, 0) is 24.1 Å². The molecule has 6 rings (SSSR count). The van der Waals surface area contributed by atoms with Gasteiger partial charge in [-0.05, 0) is 101 Å². The lowest BCUT2D eigenvalue weighted by atomic mass is 9.71. The van der Waals surface area contributed by atoms with E-state index < -0.39 is 29.9 Å². The molecule has 2 heterocycles. The monoisotopic (exact) mass is 592 g/mol. The molecule has 2 aromatic rings. The molecule has 1 amide bonds. The largest absolute Gasteiger partial charge is 0.435 e. The number of aromatic nitrogens is 4. The maximum atomic E-state index is 14.2. The summed E-state index contributed by atoms with van der Waals surface area (Å²) in [7, 11) is 0. The van der Waals surface area contributed by atoms with Crippen molar-refractivity contribution in [2.45, 2.75) is 121 Å². The van der Waals surface area contributed by atoms with Crippen LogP contribution in [0.4, 0.5) is 17.6 Å². The highest BCUT2D eigenvalue weighted by Crippen LogP contribution is 2.46. The number of rotatable bonds is 9. The minimum Gasteiger partial charge on any atom is -0.353 e. The standard InChI is InChI=1S/C31H44F4N6O/c1-3-40-17-25(28(38-40)31(33,34)35)22-13-19(16-39-10-11-41(30(39)36)24-7-8-24)14-23(15-22)29(42)37-27(20-4-5-20)21-6-9-26(32)18(2)12-21/h10-11,17-24,26-27,36H,3-9,12-16H2,1-2H3,(H,37,42)/t18?,19?,21?,22?,23?,26?,27-/m0/s1. The molecular weight excluding hydrogens is 548 g/mol. The Hall–Kier alpha value is -2.59. The van der Waals surface area contributed by atoms with Crippen LogP contribution in [0, 0.1) is 35.0 Å². The lowest BCUT2D eigenvalue weighted by Gasteiger charge is -2.38. The average molecular weight is 593 g/mol. The lowest BCUT2D eigenvalue weighted by Crippen LogP contribution is -2.48. The Morgan fingerprint density at radius 3 is 2.45 bits per heavy atom. The molecule has 6 unspecified atom stereocenters. The zero-order valence-corrected chi connectivity index (χ0v) is 24.6. The molecule has 4 aliphatic carbocycles. The molecular formula is C31H44F4N6O. The van der Waals surface area contributed by atoms with Crippen molar-refractivity contribution >= 4 is 5.91 Å². The van der Waals surface area contributed by atoms with E-state index >= 15 is 0 Å². The Balaban J connectivity index is 1.25. The van der Waals surface area contributed by atoms with Crippen molar-refractivity contribution in [3.63, 3.8) is 0 Å². The number of halogens is 4. The first kappa shape index (κ1) is 29.5. The van der Waals surface area contributed by atoms with Crippen LogP contribution in [0.5, 0.6) is 0 Å². The summed E-state index contributed by atoms with van der Waals surface area (Å²) in [5.41, 5.74) is -0.273. The summed E-state index contributed by atoms with van der Waals surface area (Å²) in [5.74, 6) is -0.423. The van der Waals surface area contributed by atoms with Crippen LogP contribution in [0.3, 0.4) is 0 Å². The second-order valence-electron chi connectivity index (χ2n) is 13.6. The van der Waals surface area contributed by atoms with Gasteiger partial charge in [-0.3, -0.25) is 14.9 Å². The molecule has 2 N–H and O–H groups in total. The van der Waals surface area contributed by atoms with E-state index in [-0.39, 0.29) is 35.3 Å². The number of imidazole rings is 1. The first-order chi connectivity index (χ1) is 20.0. The van der Waals surface area contributed by atoms with Gasteiger partial charge in [-0.25, -0.2) is 4.39 Å². The molecule has 2 aromatic heterocycles. The maximum Gasteiger partial charge on any atom is 0.435 e. The highest BCUT2D eigenvalue weighted by atomic mass is 19.4. The third kappa shape index (κ3) is 6.20. The molecule has 0 saturated heterocycles. The average Bonchev–Trinajstić information content (AvgIpc) is 3.89. The second kappa shape index (κ2) is 11.5. The highest BCUT2D eigenvalue weighted by Gasteiger charge is 2.45. The van der Waals surface area contributed by atoms with Crippen molar-refractivity contribution in [2.75, 3.05) is 0 Å². The van der Waals surface area contributed by atoms with Crippen LogP contribution in [-0.4, -0.2) is 37.0 Å². The van der Waals surface area contributed by atoms with Gasteiger partial charge in [0.25, 0.3) is 0 Å². The number of nitrogens with zero attached hydrogens (tertiary/aromatic N) is 4. The normalized spacial score (nSPS) is 31.2. The topological polar surface area (TPSA) is 80.6 Å². The quantitative estimate of drug-likeness (QED) is 0.340. The highest BCUT2D eigenvalue weighted by molar-refractivity contribution is 5.79. The number of hydrogen-bond acceptors (Lipinski definition) is 3. The van der Waals surface area contributed by atoms with E-state index in [9.17, 15) is 22.4 Å². The van der Waals surface area contributed by atoms with Crippen molar-refractivity contribution in [1.82, 2.24) is 24.2 Å². The van der Waals surface area contributed by atoms with E-state index in [0.717, 1.165) is 38.5 Å². The summed E-state index contributed by atoms with van der Waals surface area (Å²) < 4.78 is 61.8. The van der Waals surface area contributed by atoms with Crippen LogP contribution in [0.25, 0.3) is 0 Å². The molecule has 42 heavy (non-hydrogen) atoms. The van der Waals surface area contributed by atoms with E-state index in [2.05, 4.69) is 10.4 Å². The smallest absolute Gasteiger partial charge is 0.353 e. The Morgan fingerprint density at radius 1 is 1.07 bits per heavy atom. The fourth-order valence-corrected chi connectivity index (χ4v) is 7.77. The van der Waals surface area contributed by atoms with Crippen LogP contribution >= 0.6 is 0 Å². The number of aryl methyl sites for hydroxylation is 1. The number of hydrogen-bond donors (Lipinski definition) is 2. The molecule has 0 aliphatic heterocycles. The Kier molecular flexibility index (Phi) is 8.06. The molecule has 0 radical (unpaired) electrons. The van der Waals surface area contributed by atoms with Crippen molar-refractivity contribution in [3.05, 3.63) is 35.5 Å². The maximum absolute atomic E-state index is 14.2. The first-order valence-electron chi connectivity index (χ1n) is 15.9. The van der Waals surface area contributed by atoms with Gasteiger partial charge in [0.2, 0.25) is 11.5 Å². The predicted molar refractivity (Wildman–Crippen MR) is 149 cm³/mol. The molecule has 4 aliphatic rings. The Morgan fingerprint density at radius 2 is 1.81 bits per heavy atom. The number of alkyl halides is 4. The SMILES string of the molecule is CCn1cc(C2CC(Cn3ccn(C4CC4)c3=N)CC(C(=O)N[C@@H](C3CC3)C3CCC(F)C(C)C3)C2)c(C(F)(F)F)n1. The molecule has 232 valence electrons. The number of nitrogens with one attached hydrogen (secondary N) is 2. The van der Waals surface area contributed by atoms with Crippen LogP contribution in [0.15, 0.2) is 18.6 Å². The van der Waals surface area contributed by atoms with Crippen molar-refractivity contribution in [2.24, 2.45) is 29.6 Å². The minimum absolute atomic E-state index is 0.00153. The first-order valence-corrected chi connectivity index (χ1v) is 15.9. The summed E-state index contributed by atoms with van der Waals surface area (Å²) in [6.45, 7) is 4.54. The van der Waals surface area contributed by atoms with Gasteiger partial charge in [0.15, 0.2) is 5.69 Å². The van der Waals surface area contributed by atoms with E-state index in [1.807, 2.05) is 28.5 Å². The molecule has 7 nitrogen and oxygen atoms in total. The molecule has 0 spiro atoms. The van der Waals surface area contributed by atoms with Crippen molar-refractivity contribution in [1.29, 1.82) is 5.41 Å². The third-order valence-corrected chi connectivity index (χ3v) is 10.4.